The maximum absolute atomic E-state index is 11.8. The Bertz CT molecular complexity index is 675. The summed E-state index contributed by atoms with van der Waals surface area (Å²) in [6, 6.07) is 12.9. The third kappa shape index (κ3) is 2.92. The van der Waals surface area contributed by atoms with E-state index in [9.17, 15) is 4.79 Å². The van der Waals surface area contributed by atoms with E-state index >= 15 is 0 Å². The van der Waals surface area contributed by atoms with Gasteiger partial charge in [0.2, 0.25) is 0 Å². The van der Waals surface area contributed by atoms with Crippen LogP contribution >= 0.6 is 0 Å². The second-order valence-corrected chi connectivity index (χ2v) is 5.48. The number of rotatable bonds is 1. The monoisotopic (exact) mass is 253 g/mol. The molecule has 3 heteroatoms. The fourth-order valence-electron chi connectivity index (χ4n) is 1.62. The third-order valence-corrected chi connectivity index (χ3v) is 2.76. The van der Waals surface area contributed by atoms with Crippen molar-refractivity contribution in [2.75, 3.05) is 0 Å². The van der Waals surface area contributed by atoms with E-state index < -0.39 is 5.41 Å². The Balaban J connectivity index is 2.33. The van der Waals surface area contributed by atoms with Crippen molar-refractivity contribution in [2.24, 2.45) is 5.41 Å². The molecule has 0 N–H and O–H groups in total. The van der Waals surface area contributed by atoms with Crippen LogP contribution in [0.2, 0.25) is 0 Å². The van der Waals surface area contributed by atoms with Gasteiger partial charge in [-0.05, 0) is 55.8 Å². The molecule has 3 nitrogen and oxygen atoms in total. The van der Waals surface area contributed by atoms with Gasteiger partial charge in [-0.1, -0.05) is 12.1 Å². The summed E-state index contributed by atoms with van der Waals surface area (Å²) >= 11 is 0. The summed E-state index contributed by atoms with van der Waals surface area (Å²) in [4.78, 5) is 11.8. The van der Waals surface area contributed by atoms with Gasteiger partial charge in [-0.2, -0.15) is 5.26 Å². The standard InChI is InChI=1S/C16H15NO2/c1-16(2,3)15(18)19-14-7-6-12-8-11(10-17)4-5-13(12)9-14/h4-9H,1-3H3. The van der Waals surface area contributed by atoms with Gasteiger partial charge >= 0.3 is 5.97 Å². The lowest BCUT2D eigenvalue weighted by Gasteiger charge is -2.16. The number of hydrogen-bond acceptors (Lipinski definition) is 3. The van der Waals surface area contributed by atoms with Crippen molar-refractivity contribution >= 4 is 16.7 Å². The van der Waals surface area contributed by atoms with E-state index in [4.69, 9.17) is 10.00 Å². The summed E-state index contributed by atoms with van der Waals surface area (Å²) in [5, 5.41) is 10.7. The van der Waals surface area contributed by atoms with E-state index in [1.54, 1.807) is 18.2 Å². The fourth-order valence-corrected chi connectivity index (χ4v) is 1.62. The zero-order valence-corrected chi connectivity index (χ0v) is 11.2. The van der Waals surface area contributed by atoms with Crippen LogP contribution in [0.1, 0.15) is 26.3 Å². The molecule has 0 spiro atoms. The highest BCUT2D eigenvalue weighted by molar-refractivity contribution is 5.86. The number of nitriles is 1. The molecule has 0 aromatic heterocycles. The van der Waals surface area contributed by atoms with E-state index in [-0.39, 0.29) is 5.97 Å². The Morgan fingerprint density at radius 3 is 2.37 bits per heavy atom. The van der Waals surface area contributed by atoms with Crippen LogP contribution in [0, 0.1) is 16.7 Å². The molecule has 0 aliphatic heterocycles. The number of carbonyl (C=O) groups is 1. The molecule has 0 fully saturated rings. The Kier molecular flexibility index (Phi) is 3.26. The van der Waals surface area contributed by atoms with Crippen molar-refractivity contribution in [1.82, 2.24) is 0 Å². The Labute approximate surface area is 112 Å². The van der Waals surface area contributed by atoms with Crippen LogP contribution < -0.4 is 4.74 Å². The maximum Gasteiger partial charge on any atom is 0.316 e. The van der Waals surface area contributed by atoms with Crippen LogP contribution in [-0.2, 0) is 4.79 Å². The number of benzene rings is 2. The van der Waals surface area contributed by atoms with Crippen LogP contribution in [0.4, 0.5) is 0 Å². The summed E-state index contributed by atoms with van der Waals surface area (Å²) in [5.74, 6) is 0.262. The Morgan fingerprint density at radius 1 is 1.11 bits per heavy atom. The number of nitrogens with zero attached hydrogens (tertiary/aromatic N) is 1. The maximum atomic E-state index is 11.8. The molecular formula is C16H15NO2. The molecule has 0 radical (unpaired) electrons. The SMILES string of the molecule is CC(C)(C)C(=O)Oc1ccc2cc(C#N)ccc2c1. The number of carbonyl (C=O) groups excluding carboxylic acids is 1. The van der Waals surface area contributed by atoms with E-state index in [0.717, 1.165) is 10.8 Å². The van der Waals surface area contributed by atoms with Gasteiger partial charge in [0.15, 0.2) is 0 Å². The summed E-state index contributed by atoms with van der Waals surface area (Å²) in [5.41, 5.74) is 0.0894. The molecule has 0 aliphatic carbocycles. The van der Waals surface area contributed by atoms with Gasteiger partial charge in [-0.25, -0.2) is 0 Å². The average Bonchev–Trinajstić information content (AvgIpc) is 2.37. The fraction of sp³-hybridized carbons (Fsp3) is 0.250. The quantitative estimate of drug-likeness (QED) is 0.575. The molecule has 96 valence electrons. The van der Waals surface area contributed by atoms with Crippen LogP contribution in [0.5, 0.6) is 5.75 Å². The van der Waals surface area contributed by atoms with Crippen molar-refractivity contribution in [3.05, 3.63) is 42.0 Å². The molecule has 0 bridgehead atoms. The summed E-state index contributed by atoms with van der Waals surface area (Å²) in [6.45, 7) is 5.45. The van der Waals surface area contributed by atoms with Crippen molar-refractivity contribution in [3.8, 4) is 11.8 Å². The Morgan fingerprint density at radius 2 is 1.74 bits per heavy atom. The molecule has 0 saturated carbocycles. The van der Waals surface area contributed by atoms with Crippen LogP contribution in [-0.4, -0.2) is 5.97 Å². The first-order valence-corrected chi connectivity index (χ1v) is 6.06. The molecule has 2 aromatic rings. The molecule has 0 unspecified atom stereocenters. The zero-order valence-electron chi connectivity index (χ0n) is 11.2. The summed E-state index contributed by atoms with van der Waals surface area (Å²) in [6.07, 6.45) is 0. The van der Waals surface area contributed by atoms with Crippen LogP contribution in [0.3, 0.4) is 0 Å². The van der Waals surface area contributed by atoms with Crippen molar-refractivity contribution in [1.29, 1.82) is 5.26 Å². The number of ether oxygens (including phenoxy) is 1. The zero-order chi connectivity index (χ0) is 14.0. The molecule has 0 atom stereocenters. The molecule has 19 heavy (non-hydrogen) atoms. The summed E-state index contributed by atoms with van der Waals surface area (Å²) in [7, 11) is 0. The van der Waals surface area contributed by atoms with E-state index in [1.165, 1.54) is 0 Å². The normalized spacial score (nSPS) is 11.1. The van der Waals surface area contributed by atoms with Crippen molar-refractivity contribution in [3.63, 3.8) is 0 Å². The predicted molar refractivity (Wildman–Crippen MR) is 73.8 cm³/mol. The average molecular weight is 253 g/mol. The Hall–Kier alpha value is -2.34. The lowest BCUT2D eigenvalue weighted by atomic mass is 9.97. The minimum absolute atomic E-state index is 0.263. The molecule has 0 aliphatic rings. The van der Waals surface area contributed by atoms with Crippen molar-refractivity contribution < 1.29 is 9.53 Å². The third-order valence-electron chi connectivity index (χ3n) is 2.76. The minimum Gasteiger partial charge on any atom is -0.426 e. The molecule has 0 saturated heterocycles. The molecule has 0 amide bonds. The van der Waals surface area contributed by atoms with Gasteiger partial charge in [0.05, 0.1) is 17.0 Å². The highest BCUT2D eigenvalue weighted by Gasteiger charge is 2.23. The van der Waals surface area contributed by atoms with E-state index in [0.29, 0.717) is 11.3 Å². The highest BCUT2D eigenvalue weighted by atomic mass is 16.5. The molecule has 2 rings (SSSR count). The van der Waals surface area contributed by atoms with E-state index in [1.807, 2.05) is 39.0 Å². The minimum atomic E-state index is -0.528. The highest BCUT2D eigenvalue weighted by Crippen LogP contribution is 2.24. The van der Waals surface area contributed by atoms with Crippen LogP contribution in [0.15, 0.2) is 36.4 Å². The number of hydrogen-bond donors (Lipinski definition) is 0. The molecule has 2 aromatic carbocycles. The topological polar surface area (TPSA) is 50.1 Å². The second-order valence-electron chi connectivity index (χ2n) is 5.48. The van der Waals surface area contributed by atoms with Gasteiger partial charge in [-0.15, -0.1) is 0 Å². The predicted octanol–water partition coefficient (Wildman–Crippen LogP) is 3.66. The van der Waals surface area contributed by atoms with Gasteiger partial charge in [-0.3, -0.25) is 4.79 Å². The van der Waals surface area contributed by atoms with Gasteiger partial charge in [0, 0.05) is 0 Å². The lowest BCUT2D eigenvalue weighted by Crippen LogP contribution is -2.25. The molecular weight excluding hydrogens is 238 g/mol. The number of esters is 1. The lowest BCUT2D eigenvalue weighted by molar-refractivity contribution is -0.142. The first-order valence-electron chi connectivity index (χ1n) is 6.06. The van der Waals surface area contributed by atoms with Gasteiger partial charge in [0.1, 0.15) is 5.75 Å². The van der Waals surface area contributed by atoms with E-state index in [2.05, 4.69) is 6.07 Å². The first-order chi connectivity index (χ1) is 8.90. The molecule has 0 heterocycles. The summed E-state index contributed by atoms with van der Waals surface area (Å²) < 4.78 is 5.34. The largest absolute Gasteiger partial charge is 0.426 e. The number of fused-ring (bicyclic) bond motifs is 1. The second kappa shape index (κ2) is 4.74. The van der Waals surface area contributed by atoms with Gasteiger partial charge < -0.3 is 4.74 Å². The first kappa shape index (κ1) is 13.1. The van der Waals surface area contributed by atoms with Crippen LogP contribution in [0.25, 0.3) is 10.8 Å². The van der Waals surface area contributed by atoms with Crippen molar-refractivity contribution in [2.45, 2.75) is 20.8 Å². The van der Waals surface area contributed by atoms with Gasteiger partial charge in [0.25, 0.3) is 0 Å². The smallest absolute Gasteiger partial charge is 0.316 e.